The molecule has 1 aliphatic heterocycles. The first kappa shape index (κ1) is 15.4. The lowest BCUT2D eigenvalue weighted by atomic mass is 10.2. The second-order valence-corrected chi connectivity index (χ2v) is 5.79. The molecule has 1 heterocycles. The first-order chi connectivity index (χ1) is 9.86. The molecule has 1 saturated heterocycles. The highest BCUT2D eigenvalue weighted by molar-refractivity contribution is 7.99. The topological polar surface area (TPSA) is 50.4 Å². The molecule has 0 bridgehead atoms. The van der Waals surface area contributed by atoms with Gasteiger partial charge >= 0.3 is 0 Å². The van der Waals surface area contributed by atoms with Crippen molar-refractivity contribution < 1.29 is 9.53 Å². The van der Waals surface area contributed by atoms with Crippen LogP contribution in [0.3, 0.4) is 0 Å². The predicted octanol–water partition coefficient (Wildman–Crippen LogP) is 1.41. The summed E-state index contributed by atoms with van der Waals surface area (Å²) >= 11 is 1.76. The number of hydrogen-bond donors (Lipinski definition) is 2. The third-order valence-electron chi connectivity index (χ3n) is 3.18. The van der Waals surface area contributed by atoms with E-state index < -0.39 is 0 Å². The Bertz CT molecular complexity index is 394. The van der Waals surface area contributed by atoms with Crippen molar-refractivity contribution in [1.82, 2.24) is 10.6 Å². The van der Waals surface area contributed by atoms with Crippen LogP contribution in [0.25, 0.3) is 0 Å². The van der Waals surface area contributed by atoms with Gasteiger partial charge in [-0.2, -0.15) is 0 Å². The fourth-order valence-electron chi connectivity index (χ4n) is 2.01. The Balaban J connectivity index is 1.44. The quantitative estimate of drug-likeness (QED) is 0.712. The summed E-state index contributed by atoms with van der Waals surface area (Å²) in [6, 6.07) is 10.3. The summed E-state index contributed by atoms with van der Waals surface area (Å²) in [5.74, 6) is 1.86. The zero-order chi connectivity index (χ0) is 14.0. The monoisotopic (exact) mass is 294 g/mol. The zero-order valence-corrected chi connectivity index (χ0v) is 12.5. The van der Waals surface area contributed by atoms with Gasteiger partial charge in [0.15, 0.2) is 0 Å². The Hall–Kier alpha value is -1.04. The zero-order valence-electron chi connectivity index (χ0n) is 11.6. The van der Waals surface area contributed by atoms with Crippen molar-refractivity contribution in [2.24, 2.45) is 0 Å². The van der Waals surface area contributed by atoms with Crippen LogP contribution in [0.5, 0.6) is 0 Å². The smallest absolute Gasteiger partial charge is 0.238 e. The first-order valence-electron chi connectivity index (χ1n) is 7.07. The average molecular weight is 294 g/mol. The van der Waals surface area contributed by atoms with Crippen LogP contribution in [0, 0.1) is 0 Å². The molecule has 0 spiro atoms. The molecule has 1 aliphatic rings. The van der Waals surface area contributed by atoms with Crippen LogP contribution in [0.15, 0.2) is 30.3 Å². The minimum absolute atomic E-state index is 0.0148. The van der Waals surface area contributed by atoms with Gasteiger partial charge in [0.1, 0.15) is 0 Å². The standard InChI is InChI=1S/C15H22N2O2S/c18-15(14-11-20-12-17-14)16-8-4-9-19-10-7-13-5-2-1-3-6-13/h1-3,5-6,14,17H,4,7-12H2,(H,16,18). The molecule has 5 heteroatoms. The highest BCUT2D eigenvalue weighted by Crippen LogP contribution is 2.09. The van der Waals surface area contributed by atoms with E-state index in [0.717, 1.165) is 31.1 Å². The Morgan fingerprint density at radius 3 is 2.95 bits per heavy atom. The Labute approximate surface area is 124 Å². The van der Waals surface area contributed by atoms with E-state index in [1.807, 2.05) is 18.2 Å². The summed E-state index contributed by atoms with van der Waals surface area (Å²) in [5.41, 5.74) is 1.30. The van der Waals surface area contributed by atoms with Crippen LogP contribution < -0.4 is 10.6 Å². The number of thioether (sulfide) groups is 1. The van der Waals surface area contributed by atoms with Gasteiger partial charge in [0.25, 0.3) is 0 Å². The lowest BCUT2D eigenvalue weighted by molar-refractivity contribution is -0.122. The van der Waals surface area contributed by atoms with E-state index in [1.54, 1.807) is 11.8 Å². The molecule has 110 valence electrons. The highest BCUT2D eigenvalue weighted by Gasteiger charge is 2.21. The molecule has 1 aromatic carbocycles. The van der Waals surface area contributed by atoms with Crippen LogP contribution in [0.4, 0.5) is 0 Å². The fourth-order valence-corrected chi connectivity index (χ4v) is 2.95. The van der Waals surface area contributed by atoms with E-state index in [2.05, 4.69) is 22.8 Å². The molecule has 20 heavy (non-hydrogen) atoms. The highest BCUT2D eigenvalue weighted by atomic mass is 32.2. The van der Waals surface area contributed by atoms with Gasteiger partial charge in [0.05, 0.1) is 12.6 Å². The van der Waals surface area contributed by atoms with Crippen LogP contribution >= 0.6 is 11.8 Å². The predicted molar refractivity (Wildman–Crippen MR) is 82.8 cm³/mol. The lowest BCUT2D eigenvalue weighted by Crippen LogP contribution is -2.42. The molecule has 2 N–H and O–H groups in total. The van der Waals surface area contributed by atoms with E-state index in [1.165, 1.54) is 5.56 Å². The van der Waals surface area contributed by atoms with Gasteiger partial charge in [-0.25, -0.2) is 0 Å². The van der Waals surface area contributed by atoms with Gasteiger partial charge in [0.2, 0.25) is 5.91 Å². The van der Waals surface area contributed by atoms with Crippen molar-refractivity contribution in [3.63, 3.8) is 0 Å². The van der Waals surface area contributed by atoms with Crippen LogP contribution in [0.1, 0.15) is 12.0 Å². The minimum atomic E-state index is -0.0148. The largest absolute Gasteiger partial charge is 0.381 e. The van der Waals surface area contributed by atoms with Crippen molar-refractivity contribution >= 4 is 17.7 Å². The molecule has 2 rings (SSSR count). The molecule has 1 fully saturated rings. The number of ether oxygens (including phenoxy) is 1. The summed E-state index contributed by atoms with van der Waals surface area (Å²) < 4.78 is 5.57. The summed E-state index contributed by atoms with van der Waals surface area (Å²) in [5, 5.41) is 6.09. The summed E-state index contributed by atoms with van der Waals surface area (Å²) in [7, 11) is 0. The van der Waals surface area contributed by atoms with Gasteiger partial charge < -0.3 is 10.1 Å². The van der Waals surface area contributed by atoms with Crippen LogP contribution in [0.2, 0.25) is 0 Å². The first-order valence-corrected chi connectivity index (χ1v) is 8.22. The molecular weight excluding hydrogens is 272 g/mol. The van der Waals surface area contributed by atoms with Crippen LogP contribution in [-0.2, 0) is 16.0 Å². The number of carbonyl (C=O) groups is 1. The van der Waals surface area contributed by atoms with Gasteiger partial charge in [-0.3, -0.25) is 10.1 Å². The number of rotatable bonds is 8. The molecule has 0 aromatic heterocycles. The number of benzene rings is 1. The molecule has 1 amide bonds. The fraction of sp³-hybridized carbons (Fsp3) is 0.533. The lowest BCUT2D eigenvalue weighted by Gasteiger charge is -2.10. The SMILES string of the molecule is O=C(NCCCOCCc1ccccc1)C1CSCN1. The van der Waals surface area contributed by atoms with Crippen molar-refractivity contribution in [3.8, 4) is 0 Å². The summed E-state index contributed by atoms with van der Waals surface area (Å²) in [4.78, 5) is 11.7. The Kier molecular flexibility index (Phi) is 6.91. The van der Waals surface area contributed by atoms with E-state index in [9.17, 15) is 4.79 Å². The third-order valence-corrected chi connectivity index (χ3v) is 4.12. The van der Waals surface area contributed by atoms with Gasteiger partial charge in [-0.15, -0.1) is 11.8 Å². The number of amides is 1. The third kappa shape index (κ3) is 5.53. The Morgan fingerprint density at radius 2 is 2.20 bits per heavy atom. The molecular formula is C15H22N2O2S. The minimum Gasteiger partial charge on any atom is -0.381 e. The summed E-state index contributed by atoms with van der Waals surface area (Å²) in [6.45, 7) is 2.12. The number of carbonyl (C=O) groups excluding carboxylic acids is 1. The van der Waals surface area contributed by atoms with Crippen molar-refractivity contribution in [3.05, 3.63) is 35.9 Å². The van der Waals surface area contributed by atoms with Gasteiger partial charge in [-0.1, -0.05) is 30.3 Å². The van der Waals surface area contributed by atoms with E-state index >= 15 is 0 Å². The van der Waals surface area contributed by atoms with Crippen molar-refractivity contribution in [2.45, 2.75) is 18.9 Å². The molecule has 0 aliphatic carbocycles. The summed E-state index contributed by atoms with van der Waals surface area (Å²) in [6.07, 6.45) is 1.80. The maximum Gasteiger partial charge on any atom is 0.238 e. The van der Waals surface area contributed by atoms with Gasteiger partial charge in [0, 0.05) is 24.8 Å². The van der Waals surface area contributed by atoms with E-state index in [0.29, 0.717) is 13.2 Å². The Morgan fingerprint density at radius 1 is 1.35 bits per heavy atom. The van der Waals surface area contributed by atoms with Crippen LogP contribution in [-0.4, -0.2) is 43.3 Å². The van der Waals surface area contributed by atoms with Crippen molar-refractivity contribution in [2.75, 3.05) is 31.4 Å². The van der Waals surface area contributed by atoms with E-state index in [4.69, 9.17) is 4.74 Å². The molecule has 1 unspecified atom stereocenters. The average Bonchev–Trinajstić information content (AvgIpc) is 3.01. The van der Waals surface area contributed by atoms with Crippen molar-refractivity contribution in [1.29, 1.82) is 0 Å². The molecule has 1 aromatic rings. The maximum absolute atomic E-state index is 11.7. The van der Waals surface area contributed by atoms with Gasteiger partial charge in [-0.05, 0) is 18.4 Å². The second-order valence-electron chi connectivity index (χ2n) is 4.76. The van der Waals surface area contributed by atoms with E-state index in [-0.39, 0.29) is 11.9 Å². The maximum atomic E-state index is 11.7. The second kappa shape index (κ2) is 9.00. The molecule has 0 radical (unpaired) electrons. The molecule has 0 saturated carbocycles. The number of hydrogen-bond acceptors (Lipinski definition) is 4. The molecule has 1 atom stereocenters. The normalized spacial score (nSPS) is 18.1. The number of nitrogens with one attached hydrogen (secondary N) is 2. The molecule has 4 nitrogen and oxygen atoms in total.